The molecule has 5 rings (SSSR count). The lowest BCUT2D eigenvalue weighted by atomic mass is 9.89. The first-order valence-electron chi connectivity index (χ1n) is 13.7. The van der Waals surface area contributed by atoms with Gasteiger partial charge < -0.3 is 20.3 Å². The van der Waals surface area contributed by atoms with E-state index in [-0.39, 0.29) is 17.8 Å². The number of hydrogen-bond acceptors (Lipinski definition) is 8. The van der Waals surface area contributed by atoms with Crippen molar-refractivity contribution >= 4 is 34.0 Å². The van der Waals surface area contributed by atoms with E-state index in [1.54, 1.807) is 12.1 Å². The second kappa shape index (κ2) is 11.5. The molecule has 2 atom stereocenters. The van der Waals surface area contributed by atoms with Gasteiger partial charge in [0.2, 0.25) is 0 Å². The molecule has 2 unspecified atom stereocenters. The summed E-state index contributed by atoms with van der Waals surface area (Å²) in [6.07, 6.45) is 2.24. The monoisotopic (exact) mass is 565 g/mol. The minimum atomic E-state index is -0.604. The van der Waals surface area contributed by atoms with Crippen molar-refractivity contribution in [1.29, 1.82) is 0 Å². The third-order valence-corrected chi connectivity index (χ3v) is 7.83. The minimum Gasteiger partial charge on any atom is -0.444 e. The smallest absolute Gasteiger partial charge is 0.408 e. The highest BCUT2D eigenvalue weighted by Gasteiger charge is 2.31. The van der Waals surface area contributed by atoms with E-state index in [1.165, 1.54) is 23.5 Å². The zero-order valence-corrected chi connectivity index (χ0v) is 24.4. The van der Waals surface area contributed by atoms with E-state index < -0.39 is 11.7 Å². The van der Waals surface area contributed by atoms with E-state index in [1.807, 2.05) is 54.7 Å². The molecule has 0 spiro atoms. The molecule has 1 aliphatic heterocycles. The van der Waals surface area contributed by atoms with Crippen LogP contribution in [-0.2, 0) is 11.2 Å². The number of alkyl carbamates (subject to hydrolysis) is 1. The number of piperidine rings is 1. The van der Waals surface area contributed by atoms with E-state index in [2.05, 4.69) is 17.6 Å². The predicted molar refractivity (Wildman–Crippen MR) is 156 cm³/mol. The molecule has 1 aliphatic rings. The number of aromatic nitrogens is 4. The van der Waals surface area contributed by atoms with Gasteiger partial charge in [-0.15, -0.1) is 11.3 Å². The number of nitrogens with one attached hydrogen (secondary N) is 2. The van der Waals surface area contributed by atoms with Gasteiger partial charge >= 0.3 is 6.09 Å². The summed E-state index contributed by atoms with van der Waals surface area (Å²) in [6.45, 7) is 9.37. The van der Waals surface area contributed by atoms with Crippen LogP contribution in [0, 0.1) is 11.7 Å². The summed E-state index contributed by atoms with van der Waals surface area (Å²) in [5.74, 6) is 0.705. The molecular formula is C29H36FN7O2S. The van der Waals surface area contributed by atoms with Crippen LogP contribution in [0.3, 0.4) is 0 Å². The second-order valence-electron chi connectivity index (χ2n) is 11.1. The number of ether oxygens (including phenoxy) is 1. The topological polar surface area (TPSA) is 96.7 Å². The Morgan fingerprint density at radius 2 is 2.02 bits per heavy atom. The number of amides is 1. The van der Waals surface area contributed by atoms with Crippen molar-refractivity contribution in [2.45, 2.75) is 58.6 Å². The molecule has 1 amide bonds. The Hall–Kier alpha value is -3.57. The molecule has 2 N–H and O–H groups in total. The van der Waals surface area contributed by atoms with E-state index >= 15 is 0 Å². The molecule has 4 heterocycles. The number of anilines is 2. The number of benzene rings is 1. The lowest BCUT2D eigenvalue weighted by molar-refractivity contribution is 0.0477. The summed E-state index contributed by atoms with van der Waals surface area (Å²) in [5.41, 5.74) is 3.38. The van der Waals surface area contributed by atoms with Crippen LogP contribution in [0.4, 0.5) is 20.1 Å². The fraction of sp³-hybridized carbons (Fsp3) is 0.448. The van der Waals surface area contributed by atoms with Gasteiger partial charge in [-0.25, -0.2) is 19.2 Å². The highest BCUT2D eigenvalue weighted by atomic mass is 32.1. The molecule has 212 valence electrons. The maximum absolute atomic E-state index is 13.4. The molecule has 1 saturated heterocycles. The van der Waals surface area contributed by atoms with E-state index in [0.29, 0.717) is 6.42 Å². The summed E-state index contributed by atoms with van der Waals surface area (Å²) in [5, 5.41) is 14.3. The molecule has 0 radical (unpaired) electrons. The Balaban J connectivity index is 1.51. The molecule has 0 bridgehead atoms. The number of nitrogens with zero attached hydrogens (tertiary/aromatic N) is 5. The molecular weight excluding hydrogens is 529 g/mol. The van der Waals surface area contributed by atoms with Crippen LogP contribution in [0.1, 0.15) is 58.0 Å². The molecule has 40 heavy (non-hydrogen) atoms. The van der Waals surface area contributed by atoms with Crippen molar-refractivity contribution < 1.29 is 13.9 Å². The molecule has 0 aliphatic carbocycles. The molecule has 4 aromatic rings. The number of halogens is 1. The zero-order chi connectivity index (χ0) is 28.4. The van der Waals surface area contributed by atoms with Gasteiger partial charge in [0.1, 0.15) is 11.4 Å². The SMILES string of the molecule is CCc1nc2ccc(C(NC(=O)OC(C)(C)C)C3CCCNC3)nn2c1N(C)c1nc(-c2ccc(F)cc2)cs1. The van der Waals surface area contributed by atoms with Crippen LogP contribution < -0.4 is 15.5 Å². The third kappa shape index (κ3) is 6.10. The zero-order valence-electron chi connectivity index (χ0n) is 23.6. The maximum Gasteiger partial charge on any atom is 0.408 e. The third-order valence-electron chi connectivity index (χ3n) is 6.91. The Morgan fingerprint density at radius 3 is 2.70 bits per heavy atom. The number of carbonyl (C=O) groups excluding carboxylic acids is 1. The predicted octanol–water partition coefficient (Wildman–Crippen LogP) is 5.89. The average molecular weight is 566 g/mol. The van der Waals surface area contributed by atoms with Crippen molar-refractivity contribution in [2.24, 2.45) is 5.92 Å². The normalized spacial score (nSPS) is 16.6. The van der Waals surface area contributed by atoms with Crippen LogP contribution in [0.2, 0.25) is 0 Å². The van der Waals surface area contributed by atoms with E-state index in [9.17, 15) is 9.18 Å². The molecule has 0 saturated carbocycles. The van der Waals surface area contributed by atoms with Crippen molar-refractivity contribution in [3.8, 4) is 11.3 Å². The van der Waals surface area contributed by atoms with E-state index in [0.717, 1.165) is 65.2 Å². The average Bonchev–Trinajstić information content (AvgIpc) is 3.56. The standard InChI is InChI=1S/C29H36FN7O2S/c1-6-21-26(36(5)27-33-23(17-40-27)18-9-11-20(30)12-10-18)37-24(32-21)14-13-22(35-37)25(19-8-7-15-31-16-19)34-28(38)39-29(2,3)4/h9-14,17,19,25,31H,6-8,15-16H2,1-5H3,(H,34,38). The second-order valence-corrected chi connectivity index (χ2v) is 11.9. The van der Waals surface area contributed by atoms with Gasteiger partial charge in [0.05, 0.1) is 23.1 Å². The minimum absolute atomic E-state index is 0.166. The maximum atomic E-state index is 13.4. The Bertz CT molecular complexity index is 1470. The number of thiazole rings is 1. The summed E-state index contributed by atoms with van der Waals surface area (Å²) < 4.78 is 20.9. The Morgan fingerprint density at radius 1 is 1.25 bits per heavy atom. The first-order valence-corrected chi connectivity index (χ1v) is 14.5. The Kier molecular flexibility index (Phi) is 8.04. The van der Waals surface area contributed by atoms with Crippen molar-refractivity contribution in [2.75, 3.05) is 25.0 Å². The quantitative estimate of drug-likeness (QED) is 0.289. The number of imidazole rings is 1. The fourth-order valence-electron chi connectivity index (χ4n) is 5.01. The Labute approximate surface area is 237 Å². The van der Waals surface area contributed by atoms with Crippen LogP contribution >= 0.6 is 11.3 Å². The highest BCUT2D eigenvalue weighted by molar-refractivity contribution is 7.14. The van der Waals surface area contributed by atoms with Gasteiger partial charge in [-0.05, 0) is 88.9 Å². The molecule has 1 aromatic carbocycles. The lowest BCUT2D eigenvalue weighted by Crippen LogP contribution is -2.43. The van der Waals surface area contributed by atoms with Gasteiger partial charge in [0.25, 0.3) is 0 Å². The number of hydrogen-bond donors (Lipinski definition) is 2. The fourth-order valence-corrected chi connectivity index (χ4v) is 5.81. The largest absolute Gasteiger partial charge is 0.444 e. The van der Waals surface area contributed by atoms with Crippen molar-refractivity contribution in [3.05, 3.63) is 59.0 Å². The first-order chi connectivity index (χ1) is 19.1. The summed E-state index contributed by atoms with van der Waals surface area (Å²) in [7, 11) is 1.95. The number of aryl methyl sites for hydroxylation is 1. The molecule has 11 heteroatoms. The highest BCUT2D eigenvalue weighted by Crippen LogP contribution is 2.34. The molecule has 1 fully saturated rings. The first kappa shape index (κ1) is 28.0. The van der Waals surface area contributed by atoms with Crippen LogP contribution in [0.15, 0.2) is 41.8 Å². The van der Waals surface area contributed by atoms with Gasteiger partial charge in [-0.1, -0.05) is 6.92 Å². The number of rotatable bonds is 7. The van der Waals surface area contributed by atoms with Gasteiger partial charge in [0, 0.05) is 24.5 Å². The lowest BCUT2D eigenvalue weighted by Gasteiger charge is -2.32. The van der Waals surface area contributed by atoms with Gasteiger partial charge in [-0.2, -0.15) is 9.61 Å². The number of carbonyl (C=O) groups is 1. The van der Waals surface area contributed by atoms with Crippen LogP contribution in [0.25, 0.3) is 16.9 Å². The van der Waals surface area contributed by atoms with E-state index in [4.69, 9.17) is 19.8 Å². The summed E-state index contributed by atoms with van der Waals surface area (Å²) in [6, 6.07) is 9.89. The summed E-state index contributed by atoms with van der Waals surface area (Å²) >= 11 is 1.50. The van der Waals surface area contributed by atoms with Gasteiger partial charge in [0.15, 0.2) is 16.6 Å². The number of fused-ring (bicyclic) bond motifs is 1. The molecule has 3 aromatic heterocycles. The van der Waals surface area contributed by atoms with Gasteiger partial charge in [-0.3, -0.25) is 0 Å². The van der Waals surface area contributed by atoms with Crippen LogP contribution in [0.5, 0.6) is 0 Å². The van der Waals surface area contributed by atoms with Crippen molar-refractivity contribution in [3.63, 3.8) is 0 Å². The molecule has 9 nitrogen and oxygen atoms in total. The summed E-state index contributed by atoms with van der Waals surface area (Å²) in [4.78, 5) is 24.5. The van der Waals surface area contributed by atoms with Crippen LogP contribution in [-0.4, -0.2) is 51.4 Å². The van der Waals surface area contributed by atoms with Crippen molar-refractivity contribution in [1.82, 2.24) is 30.2 Å².